The van der Waals surface area contributed by atoms with E-state index < -0.39 is 46.9 Å². The zero-order valence-electron chi connectivity index (χ0n) is 16.7. The molecule has 1 aliphatic heterocycles. The lowest BCUT2D eigenvalue weighted by atomic mass is 10.1. The number of ether oxygens (including phenoxy) is 2. The van der Waals surface area contributed by atoms with Crippen LogP contribution < -0.4 is 5.32 Å². The largest absolute Gasteiger partial charge is 0.465 e. The number of methoxy groups -OCH3 is 1. The molecule has 1 N–H and O–H groups in total. The fourth-order valence-electron chi connectivity index (χ4n) is 2.92. The van der Waals surface area contributed by atoms with E-state index in [1.807, 2.05) is 0 Å². The highest BCUT2D eigenvalue weighted by Gasteiger charge is 2.32. The van der Waals surface area contributed by atoms with Crippen LogP contribution in [-0.4, -0.2) is 60.2 Å². The van der Waals surface area contributed by atoms with Crippen LogP contribution >= 0.6 is 0 Å². The number of carbonyl (C=O) groups is 5. The van der Waals surface area contributed by atoms with Crippen molar-refractivity contribution in [2.75, 3.05) is 26.1 Å². The van der Waals surface area contributed by atoms with Crippen molar-refractivity contribution in [1.82, 2.24) is 4.90 Å². The van der Waals surface area contributed by atoms with E-state index in [4.69, 9.17) is 4.74 Å². The van der Waals surface area contributed by atoms with Crippen molar-refractivity contribution in [3.63, 3.8) is 0 Å². The summed E-state index contributed by atoms with van der Waals surface area (Å²) in [6.07, 6.45) is 0. The Labute approximate surface area is 179 Å². The second-order valence-corrected chi connectivity index (χ2v) is 6.57. The molecule has 0 aromatic heterocycles. The summed E-state index contributed by atoms with van der Waals surface area (Å²) in [5.74, 6) is -3.71. The zero-order valence-corrected chi connectivity index (χ0v) is 16.7. The summed E-state index contributed by atoms with van der Waals surface area (Å²) in [4.78, 5) is 71.1. The van der Waals surface area contributed by atoms with Crippen molar-refractivity contribution in [3.05, 3.63) is 68.8 Å². The highest BCUT2D eigenvalue weighted by Crippen LogP contribution is 2.25. The Bertz CT molecular complexity index is 1190. The van der Waals surface area contributed by atoms with E-state index in [1.165, 1.54) is 25.2 Å². The van der Waals surface area contributed by atoms with Gasteiger partial charge in [-0.3, -0.25) is 29.4 Å². The third-order valence-electron chi connectivity index (χ3n) is 4.49. The highest BCUT2D eigenvalue weighted by molar-refractivity contribution is 6.21. The number of rotatable bonds is 6. The fraction of sp³-hybridized carbons (Fsp3) is 0.150. The lowest BCUT2D eigenvalue weighted by Gasteiger charge is -2.08. The molecular formula is C20H15N3O9. The molecule has 0 spiro atoms. The molecule has 12 heteroatoms. The van der Waals surface area contributed by atoms with Crippen molar-refractivity contribution in [2.45, 2.75) is 0 Å². The maximum absolute atomic E-state index is 12.2. The van der Waals surface area contributed by atoms with E-state index in [0.717, 1.165) is 30.2 Å². The molecule has 0 aliphatic carbocycles. The first kappa shape index (κ1) is 22.1. The predicted octanol–water partition coefficient (Wildman–Crippen LogP) is 1.40. The second-order valence-electron chi connectivity index (χ2n) is 6.57. The van der Waals surface area contributed by atoms with Gasteiger partial charge < -0.3 is 14.8 Å². The molecule has 32 heavy (non-hydrogen) atoms. The normalized spacial score (nSPS) is 12.2. The number of amides is 3. The van der Waals surface area contributed by atoms with Crippen LogP contribution in [0.4, 0.5) is 11.4 Å². The van der Waals surface area contributed by atoms with E-state index in [-0.39, 0.29) is 27.9 Å². The van der Waals surface area contributed by atoms with Crippen molar-refractivity contribution in [1.29, 1.82) is 0 Å². The molecule has 0 atom stereocenters. The number of hydrogen-bond donors (Lipinski definition) is 1. The quantitative estimate of drug-likeness (QED) is 0.302. The number of non-ortho nitro benzene ring substituents is 1. The van der Waals surface area contributed by atoms with E-state index in [2.05, 4.69) is 10.1 Å². The van der Waals surface area contributed by atoms with Crippen LogP contribution in [0.3, 0.4) is 0 Å². The first-order valence-corrected chi connectivity index (χ1v) is 8.93. The van der Waals surface area contributed by atoms with Gasteiger partial charge in [-0.1, -0.05) is 0 Å². The molecule has 2 aromatic rings. The number of fused-ring (bicyclic) bond motifs is 1. The van der Waals surface area contributed by atoms with Gasteiger partial charge in [0.05, 0.1) is 34.3 Å². The standard InChI is InChI=1S/C20H15N3O9/c1-22-17(25)14-4-3-12(8-15(14)18(22)26)21-16(24)9-32-20(28)11-5-10(19(27)31-2)6-13(7-11)23(29)30/h3-8H,9H2,1-2H3,(H,21,24). The number of nitrogens with zero attached hydrogens (tertiary/aromatic N) is 2. The van der Waals surface area contributed by atoms with Crippen LogP contribution in [0.2, 0.25) is 0 Å². The van der Waals surface area contributed by atoms with Gasteiger partial charge in [-0.15, -0.1) is 0 Å². The van der Waals surface area contributed by atoms with Gasteiger partial charge in [0, 0.05) is 24.9 Å². The van der Waals surface area contributed by atoms with Crippen LogP contribution in [0.1, 0.15) is 41.4 Å². The molecule has 2 aromatic carbocycles. The Kier molecular flexibility index (Phi) is 5.96. The van der Waals surface area contributed by atoms with E-state index in [1.54, 1.807) is 0 Å². The number of hydrogen-bond acceptors (Lipinski definition) is 9. The van der Waals surface area contributed by atoms with Crippen molar-refractivity contribution >= 4 is 41.0 Å². The summed E-state index contributed by atoms with van der Waals surface area (Å²) in [5, 5.41) is 13.5. The summed E-state index contributed by atoms with van der Waals surface area (Å²) in [6.45, 7) is -0.751. The van der Waals surface area contributed by atoms with Gasteiger partial charge in [0.2, 0.25) is 0 Å². The number of esters is 2. The molecule has 0 bridgehead atoms. The molecule has 0 saturated carbocycles. The van der Waals surface area contributed by atoms with Crippen LogP contribution in [0, 0.1) is 10.1 Å². The zero-order chi connectivity index (χ0) is 23.6. The summed E-state index contributed by atoms with van der Waals surface area (Å²) in [6, 6.07) is 6.99. The number of nitrogens with one attached hydrogen (secondary N) is 1. The molecule has 12 nitrogen and oxygen atoms in total. The lowest BCUT2D eigenvalue weighted by Crippen LogP contribution is -2.24. The first-order valence-electron chi connectivity index (χ1n) is 8.93. The number of anilines is 1. The van der Waals surface area contributed by atoms with Gasteiger partial charge in [-0.25, -0.2) is 9.59 Å². The molecule has 0 unspecified atom stereocenters. The molecule has 1 aliphatic rings. The van der Waals surface area contributed by atoms with Gasteiger partial charge >= 0.3 is 11.9 Å². The SMILES string of the molecule is COC(=O)c1cc(C(=O)OCC(=O)Nc2ccc3c(c2)C(=O)N(C)C3=O)cc([N+](=O)[O-])c1. The number of carbonyl (C=O) groups excluding carboxylic acids is 5. The van der Waals surface area contributed by atoms with Crippen molar-refractivity contribution in [2.24, 2.45) is 0 Å². The van der Waals surface area contributed by atoms with E-state index in [0.29, 0.717) is 0 Å². The van der Waals surface area contributed by atoms with E-state index in [9.17, 15) is 34.1 Å². The Morgan fingerprint density at radius 2 is 1.62 bits per heavy atom. The average Bonchev–Trinajstić information content (AvgIpc) is 3.00. The Morgan fingerprint density at radius 1 is 1.00 bits per heavy atom. The third kappa shape index (κ3) is 4.28. The van der Waals surface area contributed by atoms with Crippen LogP contribution in [0.25, 0.3) is 0 Å². The summed E-state index contributed by atoms with van der Waals surface area (Å²) in [5.41, 5.74) is -0.568. The third-order valence-corrected chi connectivity index (χ3v) is 4.49. The number of nitro groups is 1. The van der Waals surface area contributed by atoms with Gasteiger partial charge in [0.15, 0.2) is 6.61 Å². The van der Waals surface area contributed by atoms with Gasteiger partial charge in [-0.05, 0) is 24.3 Å². The van der Waals surface area contributed by atoms with E-state index >= 15 is 0 Å². The molecule has 3 rings (SSSR count). The van der Waals surface area contributed by atoms with Gasteiger partial charge in [-0.2, -0.15) is 0 Å². The highest BCUT2D eigenvalue weighted by atomic mass is 16.6. The van der Waals surface area contributed by atoms with Gasteiger partial charge in [0.25, 0.3) is 23.4 Å². The number of imide groups is 1. The van der Waals surface area contributed by atoms with Crippen molar-refractivity contribution < 1.29 is 38.4 Å². The summed E-state index contributed by atoms with van der Waals surface area (Å²) >= 11 is 0. The monoisotopic (exact) mass is 441 g/mol. The average molecular weight is 441 g/mol. The summed E-state index contributed by atoms with van der Waals surface area (Å²) < 4.78 is 9.36. The minimum absolute atomic E-state index is 0.124. The lowest BCUT2D eigenvalue weighted by molar-refractivity contribution is -0.384. The predicted molar refractivity (Wildman–Crippen MR) is 106 cm³/mol. The molecule has 0 saturated heterocycles. The van der Waals surface area contributed by atoms with Crippen LogP contribution in [0.5, 0.6) is 0 Å². The van der Waals surface area contributed by atoms with Gasteiger partial charge in [0.1, 0.15) is 0 Å². The number of benzene rings is 2. The minimum Gasteiger partial charge on any atom is -0.465 e. The fourth-order valence-corrected chi connectivity index (χ4v) is 2.92. The number of nitro benzene ring substituents is 1. The molecule has 3 amide bonds. The maximum Gasteiger partial charge on any atom is 0.338 e. The Balaban J connectivity index is 1.68. The van der Waals surface area contributed by atoms with Crippen LogP contribution in [0.15, 0.2) is 36.4 Å². The Morgan fingerprint density at radius 3 is 2.25 bits per heavy atom. The molecular weight excluding hydrogens is 426 g/mol. The topological polar surface area (TPSA) is 162 Å². The van der Waals surface area contributed by atoms with Crippen LogP contribution in [-0.2, 0) is 14.3 Å². The smallest absolute Gasteiger partial charge is 0.338 e. The Hall–Kier alpha value is -4.61. The summed E-state index contributed by atoms with van der Waals surface area (Å²) in [7, 11) is 2.41. The molecule has 1 heterocycles. The minimum atomic E-state index is -1.08. The van der Waals surface area contributed by atoms with Crippen molar-refractivity contribution in [3.8, 4) is 0 Å². The molecule has 0 radical (unpaired) electrons. The second kappa shape index (κ2) is 8.63. The maximum atomic E-state index is 12.2. The molecule has 164 valence electrons. The first-order chi connectivity index (χ1) is 15.1. The molecule has 0 fully saturated rings.